The van der Waals surface area contributed by atoms with Gasteiger partial charge in [-0.05, 0) is 13.3 Å². The summed E-state index contributed by atoms with van der Waals surface area (Å²) in [5.41, 5.74) is 0.628. The van der Waals surface area contributed by atoms with E-state index in [9.17, 15) is 4.79 Å². The summed E-state index contributed by atoms with van der Waals surface area (Å²) in [6.07, 6.45) is 5.03. The highest BCUT2D eigenvalue weighted by molar-refractivity contribution is 5.88. The lowest BCUT2D eigenvalue weighted by Crippen LogP contribution is -2.10. The largest absolute Gasteiger partial charge is 0.466 e. The van der Waals surface area contributed by atoms with Gasteiger partial charge in [-0.3, -0.25) is 0 Å². The molecule has 0 aromatic rings. The average molecular weight is 200 g/mol. The summed E-state index contributed by atoms with van der Waals surface area (Å²) in [4.78, 5) is 11.2. The minimum Gasteiger partial charge on any atom is -0.466 e. The second-order valence-corrected chi connectivity index (χ2v) is 3.00. The van der Waals surface area contributed by atoms with Crippen molar-refractivity contribution >= 4 is 5.97 Å². The van der Waals surface area contributed by atoms with Crippen molar-refractivity contribution in [2.75, 3.05) is 20.3 Å². The molecule has 14 heavy (non-hydrogen) atoms. The highest BCUT2D eigenvalue weighted by Crippen LogP contribution is 2.04. The lowest BCUT2D eigenvalue weighted by Gasteiger charge is -2.05. The summed E-state index contributed by atoms with van der Waals surface area (Å²) in [5, 5.41) is 0. The van der Waals surface area contributed by atoms with Gasteiger partial charge in [-0.2, -0.15) is 0 Å². The maximum absolute atomic E-state index is 11.2. The summed E-state index contributed by atoms with van der Waals surface area (Å²) in [7, 11) is 1.39. The molecule has 0 radical (unpaired) electrons. The van der Waals surface area contributed by atoms with Crippen LogP contribution in [-0.4, -0.2) is 26.3 Å². The zero-order valence-corrected chi connectivity index (χ0v) is 9.34. The summed E-state index contributed by atoms with van der Waals surface area (Å²) < 4.78 is 9.83. The molecule has 0 saturated carbocycles. The molecule has 0 aromatic heterocycles. The molecule has 0 heterocycles. The fourth-order valence-electron chi connectivity index (χ4n) is 1.02. The number of rotatable bonds is 7. The first kappa shape index (κ1) is 13.2. The predicted molar refractivity (Wildman–Crippen MR) is 56.1 cm³/mol. The van der Waals surface area contributed by atoms with Gasteiger partial charge in [-0.1, -0.05) is 25.8 Å². The number of ether oxygens (including phenoxy) is 2. The van der Waals surface area contributed by atoms with Crippen molar-refractivity contribution < 1.29 is 14.3 Å². The van der Waals surface area contributed by atoms with Gasteiger partial charge in [-0.15, -0.1) is 0 Å². The van der Waals surface area contributed by atoms with E-state index in [2.05, 4.69) is 11.7 Å². The van der Waals surface area contributed by atoms with Gasteiger partial charge < -0.3 is 9.47 Å². The fraction of sp³-hybridized carbons (Fsp3) is 0.727. The van der Waals surface area contributed by atoms with Crippen molar-refractivity contribution in [2.45, 2.75) is 33.1 Å². The van der Waals surface area contributed by atoms with Crippen LogP contribution < -0.4 is 0 Å². The molecule has 3 heteroatoms. The molecule has 0 aliphatic rings. The highest BCUT2D eigenvalue weighted by atomic mass is 16.5. The molecular formula is C11H20O3. The number of carbonyl (C=O) groups is 1. The van der Waals surface area contributed by atoms with Crippen LogP contribution in [0.5, 0.6) is 0 Å². The Hall–Kier alpha value is -0.830. The van der Waals surface area contributed by atoms with E-state index in [4.69, 9.17) is 4.74 Å². The van der Waals surface area contributed by atoms with E-state index in [0.29, 0.717) is 18.8 Å². The van der Waals surface area contributed by atoms with Gasteiger partial charge in [0.2, 0.25) is 0 Å². The molecule has 0 aliphatic heterocycles. The summed E-state index contributed by atoms with van der Waals surface area (Å²) >= 11 is 0. The third-order valence-corrected chi connectivity index (χ3v) is 1.86. The number of allylic oxidation sites excluding steroid dienone is 1. The molecule has 0 aliphatic carbocycles. The van der Waals surface area contributed by atoms with Gasteiger partial charge in [0.15, 0.2) is 0 Å². The molecule has 0 rings (SSSR count). The van der Waals surface area contributed by atoms with Crippen molar-refractivity contribution in [3.63, 3.8) is 0 Å². The monoisotopic (exact) mass is 200 g/mol. The van der Waals surface area contributed by atoms with Crippen molar-refractivity contribution in [1.29, 1.82) is 0 Å². The minimum absolute atomic E-state index is 0.283. The summed E-state index contributed by atoms with van der Waals surface area (Å²) in [6, 6.07) is 0. The number of methoxy groups -OCH3 is 1. The van der Waals surface area contributed by atoms with Crippen LogP contribution in [0.2, 0.25) is 0 Å². The molecule has 0 N–H and O–H groups in total. The van der Waals surface area contributed by atoms with Gasteiger partial charge in [0.25, 0.3) is 0 Å². The van der Waals surface area contributed by atoms with E-state index >= 15 is 0 Å². The van der Waals surface area contributed by atoms with Crippen LogP contribution in [0.15, 0.2) is 11.6 Å². The fourth-order valence-corrected chi connectivity index (χ4v) is 1.02. The Kier molecular flexibility index (Phi) is 8.24. The van der Waals surface area contributed by atoms with Gasteiger partial charge in [-0.25, -0.2) is 4.79 Å². The second kappa shape index (κ2) is 8.75. The first-order valence-corrected chi connectivity index (χ1v) is 5.11. The van der Waals surface area contributed by atoms with E-state index in [1.54, 1.807) is 0 Å². The molecule has 0 spiro atoms. The van der Waals surface area contributed by atoms with Gasteiger partial charge >= 0.3 is 5.97 Å². The Bertz CT molecular complexity index is 185. The Balaban J connectivity index is 4.08. The molecule has 82 valence electrons. The Morgan fingerprint density at radius 1 is 1.36 bits per heavy atom. The van der Waals surface area contributed by atoms with Crippen LogP contribution in [0, 0.1) is 0 Å². The first-order valence-electron chi connectivity index (χ1n) is 5.11. The average Bonchev–Trinajstić information content (AvgIpc) is 2.22. The summed E-state index contributed by atoms with van der Waals surface area (Å²) in [6.45, 7) is 4.99. The lowest BCUT2D eigenvalue weighted by atomic mass is 10.2. The van der Waals surface area contributed by atoms with Gasteiger partial charge in [0.1, 0.15) is 0 Å². The van der Waals surface area contributed by atoms with Gasteiger partial charge in [0.05, 0.1) is 19.3 Å². The van der Waals surface area contributed by atoms with E-state index in [0.717, 1.165) is 19.3 Å². The number of carbonyl (C=O) groups excluding carboxylic acids is 1. The molecule has 0 amide bonds. The predicted octanol–water partition coefficient (Wildman–Crippen LogP) is 2.31. The van der Waals surface area contributed by atoms with Crippen LogP contribution in [0.25, 0.3) is 0 Å². The Morgan fingerprint density at radius 2 is 2.07 bits per heavy atom. The molecule has 0 saturated heterocycles. The maximum Gasteiger partial charge on any atom is 0.335 e. The second-order valence-electron chi connectivity index (χ2n) is 3.00. The van der Waals surface area contributed by atoms with Crippen LogP contribution in [0.4, 0.5) is 0 Å². The highest BCUT2D eigenvalue weighted by Gasteiger charge is 2.08. The molecule has 3 nitrogen and oxygen atoms in total. The smallest absolute Gasteiger partial charge is 0.335 e. The normalized spacial score (nSPS) is 11.5. The van der Waals surface area contributed by atoms with Crippen LogP contribution in [-0.2, 0) is 14.3 Å². The van der Waals surface area contributed by atoms with Crippen LogP contribution in [0.1, 0.15) is 33.1 Å². The van der Waals surface area contributed by atoms with Gasteiger partial charge in [0, 0.05) is 6.61 Å². The topological polar surface area (TPSA) is 35.5 Å². The summed E-state index contributed by atoms with van der Waals surface area (Å²) in [5.74, 6) is -0.283. The third-order valence-electron chi connectivity index (χ3n) is 1.86. The zero-order chi connectivity index (χ0) is 10.8. The molecule has 0 bridgehead atoms. The minimum atomic E-state index is -0.283. The van der Waals surface area contributed by atoms with Crippen molar-refractivity contribution in [1.82, 2.24) is 0 Å². The quantitative estimate of drug-likeness (QED) is 0.359. The van der Waals surface area contributed by atoms with Crippen molar-refractivity contribution in [2.24, 2.45) is 0 Å². The lowest BCUT2D eigenvalue weighted by molar-refractivity contribution is -0.136. The number of unbranched alkanes of at least 4 members (excludes halogenated alkanes) is 2. The van der Waals surface area contributed by atoms with E-state index < -0.39 is 0 Å². The van der Waals surface area contributed by atoms with E-state index in [-0.39, 0.29) is 5.97 Å². The molecule has 0 unspecified atom stereocenters. The zero-order valence-electron chi connectivity index (χ0n) is 9.34. The van der Waals surface area contributed by atoms with Crippen molar-refractivity contribution in [3.8, 4) is 0 Å². The van der Waals surface area contributed by atoms with Crippen molar-refractivity contribution in [3.05, 3.63) is 11.6 Å². The standard InChI is InChI=1S/C11H20O3/c1-4-6-7-8-10(9-14-5-2)11(12)13-3/h8H,4-7,9H2,1-3H3. The Labute approximate surface area is 86.1 Å². The SMILES string of the molecule is CCCCC=C(COCC)C(=O)OC. The first-order chi connectivity index (χ1) is 6.76. The van der Waals surface area contributed by atoms with Crippen LogP contribution in [0.3, 0.4) is 0 Å². The molecule has 0 fully saturated rings. The molecular weight excluding hydrogens is 180 g/mol. The molecule has 0 aromatic carbocycles. The molecule has 0 atom stereocenters. The van der Waals surface area contributed by atoms with E-state index in [1.165, 1.54) is 7.11 Å². The number of hydrogen-bond acceptors (Lipinski definition) is 3. The van der Waals surface area contributed by atoms with Crippen LogP contribution >= 0.6 is 0 Å². The Morgan fingerprint density at radius 3 is 2.57 bits per heavy atom. The van der Waals surface area contributed by atoms with E-state index in [1.807, 2.05) is 13.0 Å². The number of esters is 1. The third kappa shape index (κ3) is 5.75. The number of hydrogen-bond donors (Lipinski definition) is 0. The maximum atomic E-state index is 11.2.